The van der Waals surface area contributed by atoms with Gasteiger partial charge in [0, 0.05) is 25.6 Å². The first kappa shape index (κ1) is 17.9. The predicted octanol–water partition coefficient (Wildman–Crippen LogP) is 3.13. The van der Waals surface area contributed by atoms with Crippen molar-refractivity contribution < 1.29 is 9.18 Å². The molecule has 0 aromatic heterocycles. The molecule has 0 radical (unpaired) electrons. The number of carbonyl (C=O) groups excluding carboxylic acids is 1. The van der Waals surface area contributed by atoms with Gasteiger partial charge >= 0.3 is 0 Å². The SMILES string of the molecule is CCN(Cc1cccc(F)c1)C(=O)CCC1CCCN1.Cl. The lowest BCUT2D eigenvalue weighted by Gasteiger charge is -2.22. The van der Waals surface area contributed by atoms with Gasteiger partial charge in [0.25, 0.3) is 0 Å². The van der Waals surface area contributed by atoms with E-state index in [-0.39, 0.29) is 24.1 Å². The monoisotopic (exact) mass is 314 g/mol. The summed E-state index contributed by atoms with van der Waals surface area (Å²) >= 11 is 0. The van der Waals surface area contributed by atoms with Crippen molar-refractivity contribution in [3.63, 3.8) is 0 Å². The third-order valence-electron chi connectivity index (χ3n) is 3.87. The highest BCUT2D eigenvalue weighted by Crippen LogP contribution is 2.13. The fourth-order valence-corrected chi connectivity index (χ4v) is 2.69. The molecule has 1 saturated heterocycles. The average Bonchev–Trinajstić information content (AvgIpc) is 2.95. The molecule has 1 aliphatic rings. The molecule has 1 unspecified atom stereocenters. The van der Waals surface area contributed by atoms with Crippen LogP contribution in [0, 0.1) is 5.82 Å². The maximum absolute atomic E-state index is 13.2. The molecule has 1 amide bonds. The fraction of sp³-hybridized carbons (Fsp3) is 0.562. The van der Waals surface area contributed by atoms with Crippen molar-refractivity contribution in [3.05, 3.63) is 35.6 Å². The van der Waals surface area contributed by atoms with Crippen LogP contribution in [0.2, 0.25) is 0 Å². The number of halogens is 2. The van der Waals surface area contributed by atoms with Crippen LogP contribution in [0.1, 0.15) is 38.2 Å². The van der Waals surface area contributed by atoms with Gasteiger partial charge < -0.3 is 10.2 Å². The molecule has 1 atom stereocenters. The van der Waals surface area contributed by atoms with Crippen molar-refractivity contribution in [2.45, 2.75) is 45.2 Å². The number of amides is 1. The predicted molar refractivity (Wildman–Crippen MR) is 85.0 cm³/mol. The highest BCUT2D eigenvalue weighted by atomic mass is 35.5. The molecule has 0 aliphatic carbocycles. The number of benzene rings is 1. The molecule has 0 spiro atoms. The average molecular weight is 315 g/mol. The fourth-order valence-electron chi connectivity index (χ4n) is 2.69. The van der Waals surface area contributed by atoms with Gasteiger partial charge in [-0.15, -0.1) is 12.4 Å². The Bertz CT molecular complexity index is 450. The van der Waals surface area contributed by atoms with Gasteiger partial charge in [-0.1, -0.05) is 12.1 Å². The van der Waals surface area contributed by atoms with Crippen LogP contribution >= 0.6 is 12.4 Å². The van der Waals surface area contributed by atoms with E-state index in [0.717, 1.165) is 18.5 Å². The van der Waals surface area contributed by atoms with Crippen molar-refractivity contribution >= 4 is 18.3 Å². The molecule has 0 bridgehead atoms. The molecule has 3 nitrogen and oxygen atoms in total. The van der Waals surface area contributed by atoms with Gasteiger partial charge in [-0.3, -0.25) is 4.79 Å². The smallest absolute Gasteiger partial charge is 0.222 e. The van der Waals surface area contributed by atoms with E-state index in [1.165, 1.54) is 25.0 Å². The van der Waals surface area contributed by atoms with Crippen LogP contribution in [0.3, 0.4) is 0 Å². The maximum Gasteiger partial charge on any atom is 0.222 e. The van der Waals surface area contributed by atoms with Crippen molar-refractivity contribution in [2.75, 3.05) is 13.1 Å². The highest BCUT2D eigenvalue weighted by Gasteiger charge is 2.18. The van der Waals surface area contributed by atoms with E-state index in [9.17, 15) is 9.18 Å². The minimum absolute atomic E-state index is 0. The standard InChI is InChI=1S/C16H23FN2O.ClH/c1-2-19(12-13-5-3-6-14(17)11-13)16(20)9-8-15-7-4-10-18-15;/h3,5-6,11,15,18H,2,4,7-10,12H2,1H3;1H. The van der Waals surface area contributed by atoms with E-state index in [1.54, 1.807) is 11.0 Å². The third-order valence-corrected chi connectivity index (χ3v) is 3.87. The summed E-state index contributed by atoms with van der Waals surface area (Å²) in [5.74, 6) is -0.0911. The highest BCUT2D eigenvalue weighted by molar-refractivity contribution is 5.85. The van der Waals surface area contributed by atoms with Crippen LogP contribution in [0.5, 0.6) is 0 Å². The summed E-state index contributed by atoms with van der Waals surface area (Å²) in [6.45, 7) is 4.18. The summed E-state index contributed by atoms with van der Waals surface area (Å²) in [6.07, 6.45) is 3.85. The van der Waals surface area contributed by atoms with Gasteiger partial charge in [0.05, 0.1) is 0 Å². The normalized spacial score (nSPS) is 17.3. The van der Waals surface area contributed by atoms with Crippen molar-refractivity contribution in [3.8, 4) is 0 Å². The molecular formula is C16H24ClFN2O. The van der Waals surface area contributed by atoms with Gasteiger partial charge in [-0.05, 0) is 50.4 Å². The Balaban J connectivity index is 0.00000220. The summed E-state index contributed by atoms with van der Waals surface area (Å²) in [7, 11) is 0. The second kappa shape index (κ2) is 9.00. The van der Waals surface area contributed by atoms with Gasteiger partial charge in [0.1, 0.15) is 5.82 Å². The van der Waals surface area contributed by atoms with Crippen LogP contribution < -0.4 is 5.32 Å². The van der Waals surface area contributed by atoms with Crippen LogP contribution in [0.25, 0.3) is 0 Å². The van der Waals surface area contributed by atoms with E-state index in [2.05, 4.69) is 5.32 Å². The molecule has 1 fully saturated rings. The Morgan fingerprint density at radius 3 is 2.90 bits per heavy atom. The Kier molecular flexibility index (Phi) is 7.68. The van der Waals surface area contributed by atoms with E-state index < -0.39 is 0 Å². The summed E-state index contributed by atoms with van der Waals surface area (Å²) < 4.78 is 13.2. The second-order valence-corrected chi connectivity index (χ2v) is 5.37. The molecule has 1 aromatic rings. The summed E-state index contributed by atoms with van der Waals surface area (Å²) in [5, 5.41) is 3.41. The van der Waals surface area contributed by atoms with Gasteiger partial charge in [0.2, 0.25) is 5.91 Å². The largest absolute Gasteiger partial charge is 0.339 e. The van der Waals surface area contributed by atoms with E-state index in [1.807, 2.05) is 13.0 Å². The molecule has 118 valence electrons. The first-order valence-electron chi connectivity index (χ1n) is 7.44. The molecule has 1 heterocycles. The number of nitrogens with one attached hydrogen (secondary N) is 1. The Morgan fingerprint density at radius 1 is 1.48 bits per heavy atom. The molecule has 0 saturated carbocycles. The summed E-state index contributed by atoms with van der Waals surface area (Å²) in [6, 6.07) is 6.96. The summed E-state index contributed by atoms with van der Waals surface area (Å²) in [4.78, 5) is 14.0. The number of carbonyl (C=O) groups is 1. The van der Waals surface area contributed by atoms with Crippen molar-refractivity contribution in [1.29, 1.82) is 0 Å². The molecule has 1 aromatic carbocycles. The van der Waals surface area contributed by atoms with Crippen LogP contribution in [-0.4, -0.2) is 29.9 Å². The third kappa shape index (κ3) is 5.64. The van der Waals surface area contributed by atoms with Gasteiger partial charge in [-0.2, -0.15) is 0 Å². The van der Waals surface area contributed by atoms with Crippen molar-refractivity contribution in [1.82, 2.24) is 10.2 Å². The molecule has 2 rings (SSSR count). The topological polar surface area (TPSA) is 32.3 Å². The minimum Gasteiger partial charge on any atom is -0.339 e. The Labute approximate surface area is 132 Å². The van der Waals surface area contributed by atoms with E-state index in [4.69, 9.17) is 0 Å². The molecular weight excluding hydrogens is 291 g/mol. The lowest BCUT2D eigenvalue weighted by molar-refractivity contribution is -0.131. The minimum atomic E-state index is -0.249. The first-order chi connectivity index (χ1) is 9.69. The molecule has 5 heteroatoms. The quantitative estimate of drug-likeness (QED) is 0.875. The zero-order valence-corrected chi connectivity index (χ0v) is 13.3. The number of hydrogen-bond acceptors (Lipinski definition) is 2. The lowest BCUT2D eigenvalue weighted by atomic mass is 10.1. The van der Waals surface area contributed by atoms with E-state index in [0.29, 0.717) is 25.6 Å². The zero-order chi connectivity index (χ0) is 14.4. The Morgan fingerprint density at radius 2 is 2.29 bits per heavy atom. The molecule has 1 aliphatic heterocycles. The lowest BCUT2D eigenvalue weighted by Crippen LogP contribution is -2.32. The number of rotatable bonds is 6. The summed E-state index contributed by atoms with van der Waals surface area (Å²) in [5.41, 5.74) is 0.846. The van der Waals surface area contributed by atoms with Crippen molar-refractivity contribution in [2.24, 2.45) is 0 Å². The molecule has 1 N–H and O–H groups in total. The van der Waals surface area contributed by atoms with E-state index >= 15 is 0 Å². The number of hydrogen-bond donors (Lipinski definition) is 1. The maximum atomic E-state index is 13.2. The van der Waals surface area contributed by atoms with Crippen LogP contribution in [0.15, 0.2) is 24.3 Å². The second-order valence-electron chi connectivity index (χ2n) is 5.37. The van der Waals surface area contributed by atoms with Crippen LogP contribution in [0.4, 0.5) is 4.39 Å². The van der Waals surface area contributed by atoms with Gasteiger partial charge in [-0.25, -0.2) is 4.39 Å². The van der Waals surface area contributed by atoms with Crippen LogP contribution in [-0.2, 0) is 11.3 Å². The number of nitrogens with zero attached hydrogens (tertiary/aromatic N) is 1. The van der Waals surface area contributed by atoms with Gasteiger partial charge in [0.15, 0.2) is 0 Å². The zero-order valence-electron chi connectivity index (χ0n) is 12.5. The molecule has 21 heavy (non-hydrogen) atoms. The Hall–Kier alpha value is -1.13. The first-order valence-corrected chi connectivity index (χ1v) is 7.44.